The Morgan fingerprint density at radius 1 is 1.14 bits per heavy atom. The third-order valence-corrected chi connectivity index (χ3v) is 4.81. The maximum absolute atomic E-state index is 13.1. The fourth-order valence-corrected chi connectivity index (χ4v) is 3.11. The Morgan fingerprint density at radius 2 is 1.77 bits per heavy atom. The molecule has 0 saturated carbocycles. The van der Waals surface area contributed by atoms with Crippen LogP contribution in [0.4, 0.5) is 10.1 Å². The van der Waals surface area contributed by atoms with Crippen LogP contribution in [0.1, 0.15) is 5.56 Å². The molecule has 0 spiro atoms. The van der Waals surface area contributed by atoms with Crippen molar-refractivity contribution in [3.8, 4) is 0 Å². The van der Waals surface area contributed by atoms with Crippen LogP contribution in [0.2, 0.25) is 5.02 Å². The normalized spacial score (nSPS) is 11.5. The Kier molecular flexibility index (Phi) is 5.05. The molecular weight excluding hydrogens is 327 g/mol. The van der Waals surface area contributed by atoms with E-state index in [9.17, 15) is 12.8 Å². The lowest BCUT2D eigenvalue weighted by Gasteiger charge is -2.13. The van der Waals surface area contributed by atoms with E-state index < -0.39 is 15.8 Å². The van der Waals surface area contributed by atoms with Gasteiger partial charge in [0.15, 0.2) is 0 Å². The van der Waals surface area contributed by atoms with Crippen LogP contribution >= 0.6 is 11.6 Å². The first-order valence-electron chi connectivity index (χ1n) is 6.50. The lowest BCUT2D eigenvalue weighted by Crippen LogP contribution is -2.23. The summed E-state index contributed by atoms with van der Waals surface area (Å²) in [6.45, 7) is 0.144. The van der Waals surface area contributed by atoms with E-state index in [1.165, 1.54) is 6.07 Å². The van der Waals surface area contributed by atoms with Gasteiger partial charge in [0.05, 0.1) is 9.92 Å². The summed E-state index contributed by atoms with van der Waals surface area (Å²) in [4.78, 5) is 1.89. The van der Waals surface area contributed by atoms with Crippen LogP contribution < -0.4 is 9.62 Å². The van der Waals surface area contributed by atoms with Gasteiger partial charge in [-0.2, -0.15) is 0 Å². The summed E-state index contributed by atoms with van der Waals surface area (Å²) in [6.07, 6.45) is 0. The molecule has 4 nitrogen and oxygen atoms in total. The summed E-state index contributed by atoms with van der Waals surface area (Å²) in [6, 6.07) is 10.8. The zero-order valence-electron chi connectivity index (χ0n) is 12.2. The van der Waals surface area contributed by atoms with Crippen LogP contribution in [0.5, 0.6) is 0 Å². The molecule has 7 heteroatoms. The smallest absolute Gasteiger partial charge is 0.240 e. The van der Waals surface area contributed by atoms with Gasteiger partial charge < -0.3 is 4.90 Å². The molecule has 0 amide bonds. The van der Waals surface area contributed by atoms with Gasteiger partial charge in [-0.25, -0.2) is 17.5 Å². The van der Waals surface area contributed by atoms with Crippen molar-refractivity contribution in [2.24, 2.45) is 0 Å². The van der Waals surface area contributed by atoms with E-state index in [4.69, 9.17) is 11.6 Å². The first kappa shape index (κ1) is 16.7. The van der Waals surface area contributed by atoms with E-state index in [1.54, 1.807) is 0 Å². The molecule has 0 aliphatic heterocycles. The summed E-state index contributed by atoms with van der Waals surface area (Å²) >= 11 is 5.61. The van der Waals surface area contributed by atoms with Crippen molar-refractivity contribution < 1.29 is 12.8 Å². The number of anilines is 1. The van der Waals surface area contributed by atoms with Gasteiger partial charge in [-0.15, -0.1) is 0 Å². The van der Waals surface area contributed by atoms with Gasteiger partial charge in [-0.1, -0.05) is 23.7 Å². The van der Waals surface area contributed by atoms with Crippen LogP contribution in [-0.4, -0.2) is 22.5 Å². The highest BCUT2D eigenvalue weighted by Gasteiger charge is 2.15. The van der Waals surface area contributed by atoms with Crippen molar-refractivity contribution in [3.63, 3.8) is 0 Å². The molecule has 0 saturated heterocycles. The van der Waals surface area contributed by atoms with Crippen LogP contribution in [0.15, 0.2) is 47.4 Å². The lowest BCUT2D eigenvalue weighted by molar-refractivity contribution is 0.580. The van der Waals surface area contributed by atoms with Crippen LogP contribution in [0, 0.1) is 5.82 Å². The minimum atomic E-state index is -3.74. The first-order valence-corrected chi connectivity index (χ1v) is 8.37. The molecule has 2 aromatic carbocycles. The van der Waals surface area contributed by atoms with Crippen molar-refractivity contribution in [2.45, 2.75) is 11.4 Å². The van der Waals surface area contributed by atoms with E-state index in [0.717, 1.165) is 23.4 Å². The highest BCUT2D eigenvalue weighted by Crippen LogP contribution is 2.19. The molecule has 0 aliphatic carbocycles. The number of benzene rings is 2. The van der Waals surface area contributed by atoms with Gasteiger partial charge in [0, 0.05) is 26.3 Å². The summed E-state index contributed by atoms with van der Waals surface area (Å²) in [5.74, 6) is -0.653. The molecule has 0 aliphatic rings. The second-order valence-electron chi connectivity index (χ2n) is 4.96. The number of rotatable bonds is 5. The molecule has 2 rings (SSSR count). The second kappa shape index (κ2) is 6.64. The molecule has 0 atom stereocenters. The van der Waals surface area contributed by atoms with E-state index in [0.29, 0.717) is 0 Å². The lowest BCUT2D eigenvalue weighted by atomic mass is 10.2. The van der Waals surface area contributed by atoms with Gasteiger partial charge in [-0.3, -0.25) is 0 Å². The van der Waals surface area contributed by atoms with Crippen molar-refractivity contribution in [2.75, 3.05) is 19.0 Å². The van der Waals surface area contributed by atoms with E-state index in [-0.39, 0.29) is 16.5 Å². The summed E-state index contributed by atoms with van der Waals surface area (Å²) in [5, 5.41) is -0.224. The number of sulfonamides is 1. The van der Waals surface area contributed by atoms with E-state index >= 15 is 0 Å². The molecule has 0 unspecified atom stereocenters. The van der Waals surface area contributed by atoms with Gasteiger partial charge in [0.1, 0.15) is 5.82 Å². The van der Waals surface area contributed by atoms with Crippen molar-refractivity contribution in [1.82, 2.24) is 4.72 Å². The number of halogens is 2. The molecule has 1 N–H and O–H groups in total. The van der Waals surface area contributed by atoms with E-state index in [1.807, 2.05) is 43.3 Å². The Morgan fingerprint density at radius 3 is 2.32 bits per heavy atom. The van der Waals surface area contributed by atoms with Gasteiger partial charge in [0.25, 0.3) is 0 Å². The van der Waals surface area contributed by atoms with Crippen LogP contribution in [0.25, 0.3) is 0 Å². The Bertz CT molecular complexity index is 762. The number of nitrogens with zero attached hydrogens (tertiary/aromatic N) is 1. The third kappa shape index (κ3) is 3.97. The SMILES string of the molecule is CN(C)c1ccc(CNS(=O)(=O)c2ccc(F)c(Cl)c2)cc1. The maximum atomic E-state index is 13.1. The number of nitrogens with one attached hydrogen (secondary N) is 1. The highest BCUT2D eigenvalue weighted by molar-refractivity contribution is 7.89. The Balaban J connectivity index is 2.10. The molecule has 118 valence electrons. The van der Waals surface area contributed by atoms with Gasteiger partial charge in [-0.05, 0) is 35.9 Å². The average molecular weight is 343 g/mol. The molecule has 0 fully saturated rings. The molecule has 0 heterocycles. The van der Waals surface area contributed by atoms with Crippen LogP contribution in [0.3, 0.4) is 0 Å². The monoisotopic (exact) mass is 342 g/mol. The maximum Gasteiger partial charge on any atom is 0.240 e. The topological polar surface area (TPSA) is 49.4 Å². The molecular formula is C15H16ClFN2O2S. The standard InChI is InChI=1S/C15H16ClFN2O2S/c1-19(2)12-5-3-11(4-6-12)10-18-22(20,21)13-7-8-15(17)14(16)9-13/h3-9,18H,10H2,1-2H3. The quantitative estimate of drug-likeness (QED) is 0.908. The zero-order chi connectivity index (χ0) is 16.3. The molecule has 0 aromatic heterocycles. The molecule has 0 radical (unpaired) electrons. The minimum absolute atomic E-state index is 0.0659. The molecule has 22 heavy (non-hydrogen) atoms. The Labute approximate surface area is 134 Å². The van der Waals surface area contributed by atoms with Crippen molar-refractivity contribution in [3.05, 3.63) is 58.9 Å². The third-order valence-electron chi connectivity index (χ3n) is 3.12. The molecule has 2 aromatic rings. The van der Waals surface area contributed by atoms with Crippen molar-refractivity contribution in [1.29, 1.82) is 0 Å². The van der Waals surface area contributed by atoms with E-state index in [2.05, 4.69) is 4.72 Å². The van der Waals surface area contributed by atoms with Gasteiger partial charge >= 0.3 is 0 Å². The number of hydrogen-bond donors (Lipinski definition) is 1. The number of hydrogen-bond acceptors (Lipinski definition) is 3. The zero-order valence-corrected chi connectivity index (χ0v) is 13.7. The predicted molar refractivity (Wildman–Crippen MR) is 86.2 cm³/mol. The first-order chi connectivity index (χ1) is 10.3. The van der Waals surface area contributed by atoms with Gasteiger partial charge in [0.2, 0.25) is 10.0 Å². The van der Waals surface area contributed by atoms with Crippen LogP contribution in [-0.2, 0) is 16.6 Å². The highest BCUT2D eigenvalue weighted by atomic mass is 35.5. The fourth-order valence-electron chi connectivity index (χ4n) is 1.82. The minimum Gasteiger partial charge on any atom is -0.378 e. The summed E-state index contributed by atoms with van der Waals surface area (Å²) in [7, 11) is 0.117. The summed E-state index contributed by atoms with van der Waals surface area (Å²) < 4.78 is 39.8. The second-order valence-corrected chi connectivity index (χ2v) is 7.14. The average Bonchev–Trinajstić information content (AvgIpc) is 2.48. The fraction of sp³-hybridized carbons (Fsp3) is 0.200. The summed E-state index contributed by atoms with van der Waals surface area (Å²) in [5.41, 5.74) is 1.85. The predicted octanol–water partition coefficient (Wildman–Crippen LogP) is 3.02. The molecule has 0 bridgehead atoms. The largest absolute Gasteiger partial charge is 0.378 e. The van der Waals surface area contributed by atoms with Crippen molar-refractivity contribution >= 4 is 27.3 Å². The Hall–Kier alpha value is -1.63.